The van der Waals surface area contributed by atoms with Crippen molar-refractivity contribution >= 4 is 5.91 Å². The summed E-state index contributed by atoms with van der Waals surface area (Å²) in [5.74, 6) is -0.167. The normalized spacial score (nSPS) is 11.2. The van der Waals surface area contributed by atoms with Crippen molar-refractivity contribution in [3.8, 4) is 17.2 Å². The van der Waals surface area contributed by atoms with E-state index in [1.54, 1.807) is 29.1 Å². The van der Waals surface area contributed by atoms with Crippen molar-refractivity contribution in [3.63, 3.8) is 0 Å². The van der Waals surface area contributed by atoms with Gasteiger partial charge in [-0.2, -0.15) is 10.2 Å². The van der Waals surface area contributed by atoms with Gasteiger partial charge in [0.15, 0.2) is 11.6 Å². The Balaban J connectivity index is 2.18. The predicted octanol–water partition coefficient (Wildman–Crippen LogP) is 1.88. The van der Waals surface area contributed by atoms with E-state index in [1.807, 2.05) is 13.8 Å². The molecule has 2 aromatic heterocycles. The van der Waals surface area contributed by atoms with E-state index in [4.69, 9.17) is 5.73 Å². The Morgan fingerprint density at radius 1 is 1.33 bits per heavy atom. The van der Waals surface area contributed by atoms with E-state index in [0.717, 1.165) is 5.69 Å². The number of primary amides is 1. The van der Waals surface area contributed by atoms with E-state index >= 15 is 0 Å². The number of hydrogen-bond acceptors (Lipinski definition) is 4. The molecule has 0 fully saturated rings. The third-order valence-corrected chi connectivity index (χ3v) is 3.42. The molecule has 24 heavy (non-hydrogen) atoms. The first-order valence-corrected chi connectivity index (χ1v) is 7.50. The SMILES string of the molecule is CC(C)n1nccc1-c1nc(CC(N)=O)nn1-c1cccc(F)c1. The Morgan fingerprint density at radius 3 is 2.79 bits per heavy atom. The van der Waals surface area contributed by atoms with Gasteiger partial charge in [-0.25, -0.2) is 14.1 Å². The molecule has 0 saturated heterocycles. The lowest BCUT2D eigenvalue weighted by Crippen LogP contribution is -2.14. The maximum atomic E-state index is 13.6. The fraction of sp³-hybridized carbons (Fsp3) is 0.250. The second kappa shape index (κ2) is 6.23. The molecule has 1 aromatic carbocycles. The standard InChI is InChI=1S/C16H17FN6O/c1-10(2)22-13(6-7-19-22)16-20-15(9-14(18)24)21-23(16)12-5-3-4-11(17)8-12/h3-8,10H,9H2,1-2H3,(H2,18,24). The van der Waals surface area contributed by atoms with Crippen LogP contribution < -0.4 is 5.73 Å². The van der Waals surface area contributed by atoms with Crippen molar-refractivity contribution in [2.75, 3.05) is 0 Å². The number of hydrogen-bond donors (Lipinski definition) is 1. The number of carbonyl (C=O) groups is 1. The molecule has 0 unspecified atom stereocenters. The van der Waals surface area contributed by atoms with Crippen LogP contribution in [-0.4, -0.2) is 30.5 Å². The Bertz CT molecular complexity index is 882. The average Bonchev–Trinajstić information content (AvgIpc) is 3.12. The maximum absolute atomic E-state index is 13.6. The number of carbonyl (C=O) groups excluding carboxylic acids is 1. The number of nitrogens with zero attached hydrogens (tertiary/aromatic N) is 5. The summed E-state index contributed by atoms with van der Waals surface area (Å²) >= 11 is 0. The number of aromatic nitrogens is 5. The zero-order valence-corrected chi connectivity index (χ0v) is 13.3. The summed E-state index contributed by atoms with van der Waals surface area (Å²) < 4.78 is 16.9. The van der Waals surface area contributed by atoms with Crippen molar-refractivity contribution in [1.29, 1.82) is 0 Å². The summed E-state index contributed by atoms with van der Waals surface area (Å²) in [5, 5.41) is 8.60. The highest BCUT2D eigenvalue weighted by atomic mass is 19.1. The molecule has 124 valence electrons. The minimum absolute atomic E-state index is 0.0921. The van der Waals surface area contributed by atoms with E-state index < -0.39 is 5.91 Å². The zero-order chi connectivity index (χ0) is 17.3. The lowest BCUT2D eigenvalue weighted by atomic mass is 10.3. The summed E-state index contributed by atoms with van der Waals surface area (Å²) in [6, 6.07) is 7.90. The number of nitrogens with two attached hydrogens (primary N) is 1. The van der Waals surface area contributed by atoms with Gasteiger partial charge >= 0.3 is 0 Å². The zero-order valence-electron chi connectivity index (χ0n) is 13.3. The van der Waals surface area contributed by atoms with Crippen LogP contribution in [0.1, 0.15) is 25.7 Å². The van der Waals surface area contributed by atoms with E-state index in [0.29, 0.717) is 11.5 Å². The summed E-state index contributed by atoms with van der Waals surface area (Å²) in [5.41, 5.74) is 6.46. The van der Waals surface area contributed by atoms with Crippen LogP contribution >= 0.6 is 0 Å². The highest BCUT2D eigenvalue weighted by Crippen LogP contribution is 2.24. The van der Waals surface area contributed by atoms with Gasteiger partial charge in [-0.1, -0.05) is 6.07 Å². The monoisotopic (exact) mass is 328 g/mol. The lowest BCUT2D eigenvalue weighted by Gasteiger charge is -2.11. The first-order valence-electron chi connectivity index (χ1n) is 7.50. The molecule has 0 atom stereocenters. The molecule has 3 rings (SSSR count). The minimum atomic E-state index is -0.532. The topological polar surface area (TPSA) is 91.6 Å². The van der Waals surface area contributed by atoms with Crippen LogP contribution in [-0.2, 0) is 11.2 Å². The molecule has 0 aliphatic heterocycles. The van der Waals surface area contributed by atoms with Crippen molar-refractivity contribution in [2.24, 2.45) is 5.73 Å². The number of halogens is 1. The predicted molar refractivity (Wildman–Crippen MR) is 85.8 cm³/mol. The smallest absolute Gasteiger partial charge is 0.225 e. The van der Waals surface area contributed by atoms with Gasteiger partial charge in [0.25, 0.3) is 0 Å². The number of amides is 1. The second-order valence-corrected chi connectivity index (χ2v) is 5.64. The van der Waals surface area contributed by atoms with E-state index in [2.05, 4.69) is 15.2 Å². The fourth-order valence-corrected chi connectivity index (χ4v) is 2.44. The molecule has 2 heterocycles. The third-order valence-electron chi connectivity index (χ3n) is 3.42. The Kier molecular flexibility index (Phi) is 4.11. The molecule has 8 heteroatoms. The minimum Gasteiger partial charge on any atom is -0.369 e. The first kappa shape index (κ1) is 15.9. The molecule has 7 nitrogen and oxygen atoms in total. The summed E-state index contributed by atoms with van der Waals surface area (Å²) in [6.07, 6.45) is 1.57. The van der Waals surface area contributed by atoms with Crippen LogP contribution in [0.5, 0.6) is 0 Å². The van der Waals surface area contributed by atoms with Crippen molar-refractivity contribution in [1.82, 2.24) is 24.5 Å². The van der Waals surface area contributed by atoms with Gasteiger partial charge in [0.1, 0.15) is 11.5 Å². The molecule has 2 N–H and O–H groups in total. The third kappa shape index (κ3) is 3.03. The fourth-order valence-electron chi connectivity index (χ4n) is 2.44. The molecule has 0 saturated carbocycles. The molecule has 0 bridgehead atoms. The molecular formula is C16H17FN6O. The van der Waals surface area contributed by atoms with Gasteiger partial charge in [-0.15, -0.1) is 0 Å². The molecule has 0 aliphatic carbocycles. The van der Waals surface area contributed by atoms with E-state index in [-0.39, 0.29) is 24.1 Å². The summed E-state index contributed by atoms with van der Waals surface area (Å²) in [6.45, 7) is 3.98. The van der Waals surface area contributed by atoms with Crippen molar-refractivity contribution in [2.45, 2.75) is 26.3 Å². The van der Waals surface area contributed by atoms with Crippen LogP contribution in [0, 0.1) is 5.82 Å². The van der Waals surface area contributed by atoms with Crippen molar-refractivity contribution in [3.05, 3.63) is 48.2 Å². The van der Waals surface area contributed by atoms with Gasteiger partial charge in [-0.05, 0) is 38.1 Å². The van der Waals surface area contributed by atoms with Gasteiger partial charge in [0.2, 0.25) is 5.91 Å². The van der Waals surface area contributed by atoms with Crippen LogP contribution in [0.3, 0.4) is 0 Å². The molecule has 0 radical (unpaired) electrons. The Morgan fingerprint density at radius 2 is 2.12 bits per heavy atom. The molecule has 0 aliphatic rings. The molecule has 0 spiro atoms. The Hall–Kier alpha value is -3.03. The quantitative estimate of drug-likeness (QED) is 0.774. The van der Waals surface area contributed by atoms with Crippen LogP contribution in [0.15, 0.2) is 36.5 Å². The van der Waals surface area contributed by atoms with Crippen LogP contribution in [0.2, 0.25) is 0 Å². The average molecular weight is 328 g/mol. The van der Waals surface area contributed by atoms with Gasteiger partial charge in [-0.3, -0.25) is 9.48 Å². The highest BCUT2D eigenvalue weighted by Gasteiger charge is 2.19. The van der Waals surface area contributed by atoms with E-state index in [1.165, 1.54) is 16.8 Å². The van der Waals surface area contributed by atoms with Gasteiger partial charge in [0.05, 0.1) is 12.1 Å². The van der Waals surface area contributed by atoms with Gasteiger partial charge < -0.3 is 5.73 Å². The highest BCUT2D eigenvalue weighted by molar-refractivity contribution is 5.75. The largest absolute Gasteiger partial charge is 0.369 e. The summed E-state index contributed by atoms with van der Waals surface area (Å²) in [7, 11) is 0. The summed E-state index contributed by atoms with van der Waals surface area (Å²) in [4.78, 5) is 15.6. The van der Waals surface area contributed by atoms with Crippen molar-refractivity contribution < 1.29 is 9.18 Å². The number of benzene rings is 1. The molecular weight excluding hydrogens is 311 g/mol. The Labute approximate surface area is 137 Å². The van der Waals surface area contributed by atoms with Gasteiger partial charge in [0, 0.05) is 12.2 Å². The second-order valence-electron chi connectivity index (χ2n) is 5.64. The van der Waals surface area contributed by atoms with Crippen LogP contribution in [0.4, 0.5) is 4.39 Å². The maximum Gasteiger partial charge on any atom is 0.225 e. The molecule has 1 amide bonds. The first-order chi connectivity index (χ1) is 11.5. The number of rotatable bonds is 5. The lowest BCUT2D eigenvalue weighted by molar-refractivity contribution is -0.117. The van der Waals surface area contributed by atoms with E-state index in [9.17, 15) is 9.18 Å². The molecule has 3 aromatic rings. The van der Waals surface area contributed by atoms with Crippen LogP contribution in [0.25, 0.3) is 17.2 Å².